The van der Waals surface area contributed by atoms with Crippen LogP contribution in [0.1, 0.15) is 6.23 Å². The minimum absolute atomic E-state index is 0.0652. The summed E-state index contributed by atoms with van der Waals surface area (Å²) < 4.78 is 43.9. The van der Waals surface area contributed by atoms with Gasteiger partial charge in [0.1, 0.15) is 37.3 Å². The Labute approximate surface area is 177 Å². The number of aliphatic hydroxyl groups is 2. The zero-order chi connectivity index (χ0) is 23.6. The Morgan fingerprint density at radius 2 is 1.81 bits per heavy atom. The molecule has 178 valence electrons. The number of nitrogen functional groups attached to an aromatic ring is 1. The van der Waals surface area contributed by atoms with Crippen LogP contribution in [0.5, 0.6) is 0 Å². The number of phosphoric ester groups is 2. The molecule has 15 nitrogen and oxygen atoms in total. The average Bonchev–Trinajstić information content (AvgIpc) is 2.86. The van der Waals surface area contributed by atoms with Crippen LogP contribution in [0.15, 0.2) is 17.1 Å². The number of nitrogens with zero attached hydrogens (tertiary/aromatic N) is 3. The van der Waals surface area contributed by atoms with Gasteiger partial charge in [-0.05, 0) is 6.07 Å². The molecule has 0 spiro atoms. The first-order valence-corrected chi connectivity index (χ1v) is 11.9. The van der Waals surface area contributed by atoms with Gasteiger partial charge in [0.25, 0.3) is 0 Å². The minimum atomic E-state index is -5.11. The molecular formula is C14H27N4O11P2+. The molecule has 6 atom stereocenters. The van der Waals surface area contributed by atoms with Crippen molar-refractivity contribution in [3.05, 3.63) is 22.7 Å². The third kappa shape index (κ3) is 7.70. The largest absolute Gasteiger partial charge is 0.481 e. The molecule has 17 heteroatoms. The monoisotopic (exact) mass is 489 g/mol. The van der Waals surface area contributed by atoms with Crippen LogP contribution >= 0.6 is 15.6 Å². The highest BCUT2D eigenvalue weighted by Gasteiger charge is 2.46. The van der Waals surface area contributed by atoms with Crippen LogP contribution in [0.25, 0.3) is 0 Å². The maximum absolute atomic E-state index is 12.0. The molecular weight excluding hydrogens is 462 g/mol. The maximum Gasteiger partial charge on any atom is 0.481 e. The SMILES string of the molecule is C[N+](C)(C)CCOP(=O)(O)OP(=O)(O)OC[C@H]1O[C@@H](n2ccc(N)nc2=O)[C@H](O)C1O. The topological polar surface area (TPSA) is 213 Å². The smallest absolute Gasteiger partial charge is 0.387 e. The Hall–Kier alpha value is -1.22. The fourth-order valence-corrected chi connectivity index (χ4v) is 4.56. The van der Waals surface area contributed by atoms with Crippen LogP contribution in [-0.2, 0) is 27.2 Å². The van der Waals surface area contributed by atoms with E-state index in [1.165, 1.54) is 12.3 Å². The fourth-order valence-electron chi connectivity index (χ4n) is 2.49. The van der Waals surface area contributed by atoms with Crippen LogP contribution in [0.2, 0.25) is 0 Å². The minimum Gasteiger partial charge on any atom is -0.387 e. The number of aromatic nitrogens is 2. The molecule has 0 amide bonds. The summed E-state index contributed by atoms with van der Waals surface area (Å²) in [5.41, 5.74) is 4.53. The second-order valence-corrected chi connectivity index (χ2v) is 10.8. The molecule has 6 N–H and O–H groups in total. The van der Waals surface area contributed by atoms with Crippen molar-refractivity contribution in [2.75, 3.05) is 46.6 Å². The second kappa shape index (κ2) is 9.73. The van der Waals surface area contributed by atoms with Crippen molar-refractivity contribution in [1.82, 2.24) is 9.55 Å². The van der Waals surface area contributed by atoms with E-state index < -0.39 is 52.5 Å². The van der Waals surface area contributed by atoms with Gasteiger partial charge < -0.3 is 35.0 Å². The van der Waals surface area contributed by atoms with Crippen LogP contribution < -0.4 is 11.4 Å². The Morgan fingerprint density at radius 1 is 1.19 bits per heavy atom. The van der Waals surface area contributed by atoms with E-state index in [9.17, 15) is 33.9 Å². The highest BCUT2D eigenvalue weighted by atomic mass is 31.3. The van der Waals surface area contributed by atoms with Crippen molar-refractivity contribution >= 4 is 21.5 Å². The first-order valence-electron chi connectivity index (χ1n) is 8.93. The number of phosphoric acid groups is 2. The zero-order valence-electron chi connectivity index (χ0n) is 17.0. The van der Waals surface area contributed by atoms with Gasteiger partial charge in [-0.25, -0.2) is 13.9 Å². The van der Waals surface area contributed by atoms with E-state index in [2.05, 4.69) is 18.3 Å². The molecule has 1 fully saturated rings. The zero-order valence-corrected chi connectivity index (χ0v) is 18.8. The number of hydrogen-bond donors (Lipinski definition) is 5. The van der Waals surface area contributed by atoms with E-state index in [4.69, 9.17) is 10.5 Å². The fraction of sp³-hybridized carbons (Fsp3) is 0.714. The van der Waals surface area contributed by atoms with Crippen LogP contribution in [0.4, 0.5) is 5.82 Å². The van der Waals surface area contributed by atoms with Crippen molar-refractivity contribution in [2.24, 2.45) is 0 Å². The number of anilines is 1. The quantitative estimate of drug-likeness (QED) is 0.185. The molecule has 0 saturated carbocycles. The van der Waals surface area contributed by atoms with Gasteiger partial charge in [-0.1, -0.05) is 0 Å². The highest BCUT2D eigenvalue weighted by Crippen LogP contribution is 2.60. The maximum atomic E-state index is 12.0. The second-order valence-electron chi connectivity index (χ2n) is 7.75. The number of aliphatic hydroxyl groups excluding tert-OH is 2. The number of rotatable bonds is 10. The molecule has 1 saturated heterocycles. The summed E-state index contributed by atoms with van der Waals surface area (Å²) in [5.74, 6) is -0.0652. The van der Waals surface area contributed by atoms with Gasteiger partial charge in [-0.2, -0.15) is 9.29 Å². The van der Waals surface area contributed by atoms with E-state index in [1.54, 1.807) is 21.1 Å². The predicted octanol–water partition coefficient (Wildman–Crippen LogP) is -1.60. The number of ether oxygens (including phenoxy) is 1. The van der Waals surface area contributed by atoms with Crippen molar-refractivity contribution in [2.45, 2.75) is 24.5 Å². The summed E-state index contributed by atoms with van der Waals surface area (Å²) in [6.07, 6.45) is -4.82. The predicted molar refractivity (Wildman–Crippen MR) is 104 cm³/mol. The van der Waals surface area contributed by atoms with E-state index in [0.717, 1.165) is 4.57 Å². The lowest BCUT2D eigenvalue weighted by atomic mass is 10.1. The summed E-state index contributed by atoms with van der Waals surface area (Å²) in [4.78, 5) is 34.7. The number of likely N-dealkylation sites (N-methyl/N-ethyl adjacent to an activating group) is 1. The Balaban J connectivity index is 1.96. The van der Waals surface area contributed by atoms with Gasteiger partial charge in [0.15, 0.2) is 6.23 Å². The number of nitrogens with two attached hydrogens (primary N) is 1. The van der Waals surface area contributed by atoms with Crippen molar-refractivity contribution < 1.29 is 51.7 Å². The van der Waals surface area contributed by atoms with Crippen LogP contribution in [0, 0.1) is 0 Å². The standard InChI is InChI=1S/C14H26N4O11P2/c1-18(2,3)6-7-26-30(22,23)29-31(24,25)27-8-9-11(19)12(20)13(28-9)17-5-4-10(15)16-14(17)21/h4-5,9,11-13,19-20H,6-8H2,1-3H3,(H3-,15,16,21,22,23,24,25)/p+1/t9-,11?,12-,13-/m1/s1. The summed E-state index contributed by atoms with van der Waals surface area (Å²) >= 11 is 0. The summed E-state index contributed by atoms with van der Waals surface area (Å²) in [6.45, 7) is -0.746. The lowest BCUT2D eigenvalue weighted by Gasteiger charge is -2.24. The molecule has 1 aromatic rings. The lowest BCUT2D eigenvalue weighted by molar-refractivity contribution is -0.870. The molecule has 1 aromatic heterocycles. The molecule has 2 rings (SSSR count). The van der Waals surface area contributed by atoms with Gasteiger partial charge in [-0.3, -0.25) is 13.6 Å². The molecule has 1 aliphatic rings. The molecule has 0 radical (unpaired) electrons. The normalized spacial score (nSPS) is 28.2. The average molecular weight is 489 g/mol. The molecule has 0 aromatic carbocycles. The van der Waals surface area contributed by atoms with Crippen molar-refractivity contribution in [3.8, 4) is 0 Å². The Bertz CT molecular complexity index is 920. The van der Waals surface area contributed by atoms with E-state index in [1.807, 2.05) is 0 Å². The van der Waals surface area contributed by atoms with E-state index >= 15 is 0 Å². The van der Waals surface area contributed by atoms with Crippen molar-refractivity contribution in [1.29, 1.82) is 0 Å². The first-order chi connectivity index (χ1) is 14.1. The van der Waals surface area contributed by atoms with Gasteiger partial charge >= 0.3 is 21.3 Å². The third-order valence-corrected chi connectivity index (χ3v) is 6.72. The molecule has 31 heavy (non-hydrogen) atoms. The Kier molecular flexibility index (Phi) is 8.17. The summed E-state index contributed by atoms with van der Waals surface area (Å²) in [6, 6.07) is 1.26. The highest BCUT2D eigenvalue weighted by molar-refractivity contribution is 7.61. The first kappa shape index (κ1) is 26.0. The molecule has 2 heterocycles. The molecule has 3 unspecified atom stereocenters. The van der Waals surface area contributed by atoms with E-state index in [0.29, 0.717) is 11.0 Å². The third-order valence-electron chi connectivity index (χ3n) is 4.09. The number of hydrogen-bond acceptors (Lipinski definition) is 11. The van der Waals surface area contributed by atoms with E-state index in [-0.39, 0.29) is 12.4 Å². The van der Waals surface area contributed by atoms with Crippen molar-refractivity contribution in [3.63, 3.8) is 0 Å². The molecule has 0 bridgehead atoms. The van der Waals surface area contributed by atoms with Crippen LogP contribution in [0.3, 0.4) is 0 Å². The van der Waals surface area contributed by atoms with Gasteiger partial charge in [0, 0.05) is 6.20 Å². The summed E-state index contributed by atoms with van der Waals surface area (Å²) in [7, 11) is -4.64. The summed E-state index contributed by atoms with van der Waals surface area (Å²) in [5, 5.41) is 20.2. The van der Waals surface area contributed by atoms with Gasteiger partial charge in [-0.15, -0.1) is 0 Å². The lowest BCUT2D eigenvalue weighted by Crippen LogP contribution is -2.37. The van der Waals surface area contributed by atoms with Gasteiger partial charge in [0.2, 0.25) is 0 Å². The molecule has 0 aliphatic carbocycles. The molecule has 1 aliphatic heterocycles. The van der Waals surface area contributed by atoms with Gasteiger partial charge in [0.05, 0.1) is 27.7 Å². The number of quaternary nitrogens is 1. The van der Waals surface area contributed by atoms with Crippen LogP contribution in [-0.4, -0.2) is 93.2 Å². The Morgan fingerprint density at radius 3 is 2.39 bits per heavy atom.